The lowest BCUT2D eigenvalue weighted by Gasteiger charge is -2.34. The Balaban J connectivity index is 1.73. The van der Waals surface area contributed by atoms with Crippen LogP contribution in [0.25, 0.3) is 0 Å². The van der Waals surface area contributed by atoms with E-state index < -0.39 is 15.9 Å². The van der Waals surface area contributed by atoms with Gasteiger partial charge in [-0.3, -0.25) is 9.69 Å². The average Bonchev–Trinajstić information content (AvgIpc) is 3.21. The smallest absolute Gasteiger partial charge is 0.267 e. The molecule has 10 heteroatoms. The molecule has 0 radical (unpaired) electrons. The number of carbonyl (C=O) groups is 1. The van der Waals surface area contributed by atoms with Crippen LogP contribution < -0.4 is 5.32 Å². The van der Waals surface area contributed by atoms with E-state index in [4.69, 9.17) is 4.74 Å². The molecule has 1 aliphatic rings. The largest absolute Gasteiger partial charge is 0.379 e. The first-order valence-corrected chi connectivity index (χ1v) is 10.7. The molecule has 1 aromatic heterocycles. The van der Waals surface area contributed by atoms with E-state index in [0.717, 1.165) is 9.87 Å². The third-order valence-electron chi connectivity index (χ3n) is 4.88. The van der Waals surface area contributed by atoms with Crippen molar-refractivity contribution in [1.29, 1.82) is 0 Å². The van der Waals surface area contributed by atoms with Gasteiger partial charge < -0.3 is 15.0 Å². The van der Waals surface area contributed by atoms with Crippen molar-refractivity contribution in [3.05, 3.63) is 53.6 Å². The summed E-state index contributed by atoms with van der Waals surface area (Å²) in [7, 11) is -0.764. The van der Waals surface area contributed by atoms with Crippen molar-refractivity contribution in [3.8, 4) is 0 Å². The number of aromatic amines is 1. The van der Waals surface area contributed by atoms with Crippen LogP contribution in [0.2, 0.25) is 0 Å². The Hall–Kier alpha value is -2.27. The lowest BCUT2D eigenvalue weighted by Crippen LogP contribution is -2.43. The lowest BCUT2D eigenvalue weighted by atomic mass is 10.0. The molecular formula is C19H25FN4O4S. The summed E-state index contributed by atoms with van der Waals surface area (Å²) in [4.78, 5) is 17.5. The molecule has 1 aromatic carbocycles. The number of hydrogen-bond acceptors (Lipinski definition) is 5. The van der Waals surface area contributed by atoms with Gasteiger partial charge in [0.25, 0.3) is 5.91 Å². The number of halogens is 1. The Kier molecular flexibility index (Phi) is 6.68. The van der Waals surface area contributed by atoms with Crippen LogP contribution in [0.1, 0.15) is 22.1 Å². The molecule has 0 saturated carbocycles. The molecule has 158 valence electrons. The standard InChI is InChI=1S/C19H25FN4O4S/c1-23(2)29(26,27)16-11-17(21-12-16)19(25)22-13-18(24-7-9-28-10-8-24)14-3-5-15(20)6-4-14/h3-6,11-12,18,21H,7-10,13H2,1-2H3,(H,22,25). The molecule has 1 atom stereocenters. The summed E-state index contributed by atoms with van der Waals surface area (Å²) in [6.07, 6.45) is 1.30. The minimum Gasteiger partial charge on any atom is -0.379 e. The van der Waals surface area contributed by atoms with Crippen LogP contribution in [-0.4, -0.2) is 75.5 Å². The number of hydrogen-bond donors (Lipinski definition) is 2. The van der Waals surface area contributed by atoms with Crippen LogP contribution in [0, 0.1) is 5.82 Å². The molecule has 3 rings (SSSR count). The lowest BCUT2D eigenvalue weighted by molar-refractivity contribution is 0.0162. The van der Waals surface area contributed by atoms with Gasteiger partial charge >= 0.3 is 0 Å². The third-order valence-corrected chi connectivity index (χ3v) is 6.67. The molecule has 1 saturated heterocycles. The van der Waals surface area contributed by atoms with Gasteiger partial charge in [0.1, 0.15) is 16.4 Å². The van der Waals surface area contributed by atoms with Crippen molar-refractivity contribution in [2.75, 3.05) is 46.9 Å². The van der Waals surface area contributed by atoms with Crippen LogP contribution in [0.5, 0.6) is 0 Å². The van der Waals surface area contributed by atoms with Gasteiger partial charge in [-0.05, 0) is 23.8 Å². The number of morpholine rings is 1. The van der Waals surface area contributed by atoms with Crippen molar-refractivity contribution in [1.82, 2.24) is 19.5 Å². The maximum atomic E-state index is 13.3. The summed E-state index contributed by atoms with van der Waals surface area (Å²) in [5.41, 5.74) is 1.04. The Morgan fingerprint density at radius 2 is 1.93 bits per heavy atom. The Labute approximate surface area is 169 Å². The number of carbonyl (C=O) groups excluding carboxylic acids is 1. The van der Waals surface area contributed by atoms with Gasteiger partial charge in [-0.15, -0.1) is 0 Å². The number of H-pyrrole nitrogens is 1. The molecule has 0 aliphatic carbocycles. The van der Waals surface area contributed by atoms with E-state index in [0.29, 0.717) is 32.8 Å². The summed E-state index contributed by atoms with van der Waals surface area (Å²) >= 11 is 0. The van der Waals surface area contributed by atoms with E-state index in [1.165, 1.54) is 38.5 Å². The molecule has 1 aliphatic heterocycles. The second-order valence-electron chi connectivity index (χ2n) is 6.96. The van der Waals surface area contributed by atoms with Gasteiger partial charge in [-0.1, -0.05) is 12.1 Å². The number of benzene rings is 1. The van der Waals surface area contributed by atoms with Gasteiger partial charge in [0.15, 0.2) is 0 Å². The van der Waals surface area contributed by atoms with Crippen molar-refractivity contribution in [2.24, 2.45) is 0 Å². The van der Waals surface area contributed by atoms with Crippen LogP contribution in [-0.2, 0) is 14.8 Å². The summed E-state index contributed by atoms with van der Waals surface area (Å²) in [6, 6.07) is 7.37. The van der Waals surface area contributed by atoms with Gasteiger partial charge in [0.2, 0.25) is 10.0 Å². The Morgan fingerprint density at radius 3 is 2.55 bits per heavy atom. The maximum absolute atomic E-state index is 13.3. The summed E-state index contributed by atoms with van der Waals surface area (Å²) < 4.78 is 44.2. The fourth-order valence-electron chi connectivity index (χ4n) is 3.18. The predicted octanol–water partition coefficient (Wildman–Crippen LogP) is 1.21. The van der Waals surface area contributed by atoms with Crippen molar-refractivity contribution in [2.45, 2.75) is 10.9 Å². The van der Waals surface area contributed by atoms with E-state index in [2.05, 4.69) is 15.2 Å². The second kappa shape index (κ2) is 9.04. The molecule has 2 aromatic rings. The van der Waals surface area contributed by atoms with Crippen LogP contribution >= 0.6 is 0 Å². The van der Waals surface area contributed by atoms with E-state index >= 15 is 0 Å². The molecule has 8 nitrogen and oxygen atoms in total. The first-order chi connectivity index (χ1) is 13.8. The predicted molar refractivity (Wildman–Crippen MR) is 106 cm³/mol. The molecule has 1 unspecified atom stereocenters. The Morgan fingerprint density at radius 1 is 1.28 bits per heavy atom. The summed E-state index contributed by atoms with van der Waals surface area (Å²) in [5, 5.41) is 2.85. The number of nitrogens with zero attached hydrogens (tertiary/aromatic N) is 2. The maximum Gasteiger partial charge on any atom is 0.267 e. The minimum absolute atomic E-state index is 0.0240. The zero-order valence-electron chi connectivity index (χ0n) is 16.4. The van der Waals surface area contributed by atoms with Crippen LogP contribution in [0.3, 0.4) is 0 Å². The number of amides is 1. The first-order valence-electron chi connectivity index (χ1n) is 9.25. The number of rotatable bonds is 7. The molecule has 1 fully saturated rings. The van der Waals surface area contributed by atoms with Crippen LogP contribution in [0.4, 0.5) is 4.39 Å². The summed E-state index contributed by atoms with van der Waals surface area (Å²) in [5.74, 6) is -0.731. The monoisotopic (exact) mass is 424 g/mol. The van der Waals surface area contributed by atoms with Gasteiger partial charge in [-0.2, -0.15) is 0 Å². The highest BCUT2D eigenvalue weighted by molar-refractivity contribution is 7.89. The van der Waals surface area contributed by atoms with Crippen LogP contribution in [0.15, 0.2) is 41.4 Å². The fraction of sp³-hybridized carbons (Fsp3) is 0.421. The van der Waals surface area contributed by atoms with Crippen molar-refractivity contribution >= 4 is 15.9 Å². The fourth-order valence-corrected chi connectivity index (χ4v) is 4.08. The molecule has 0 spiro atoms. The number of nitrogens with one attached hydrogen (secondary N) is 2. The quantitative estimate of drug-likeness (QED) is 0.697. The molecule has 29 heavy (non-hydrogen) atoms. The highest BCUT2D eigenvalue weighted by Crippen LogP contribution is 2.22. The van der Waals surface area contributed by atoms with Gasteiger partial charge in [-0.25, -0.2) is 17.1 Å². The second-order valence-corrected chi connectivity index (χ2v) is 9.11. The van der Waals surface area contributed by atoms with E-state index in [-0.39, 0.29) is 22.4 Å². The first kappa shape index (κ1) is 21.4. The Bertz CT molecular complexity index is 937. The zero-order valence-corrected chi connectivity index (χ0v) is 17.2. The van der Waals surface area contributed by atoms with Crippen molar-refractivity contribution in [3.63, 3.8) is 0 Å². The topological polar surface area (TPSA) is 94.7 Å². The van der Waals surface area contributed by atoms with E-state index in [1.807, 2.05) is 0 Å². The molecule has 2 N–H and O–H groups in total. The molecule has 2 heterocycles. The highest BCUT2D eigenvalue weighted by atomic mass is 32.2. The SMILES string of the molecule is CN(C)S(=O)(=O)c1c[nH]c(C(=O)NCC(c2ccc(F)cc2)N2CCOCC2)c1. The normalized spacial score (nSPS) is 16.7. The highest BCUT2D eigenvalue weighted by Gasteiger charge is 2.25. The third kappa shape index (κ3) is 5.02. The van der Waals surface area contributed by atoms with E-state index in [1.54, 1.807) is 12.1 Å². The molecule has 1 amide bonds. The van der Waals surface area contributed by atoms with Gasteiger partial charge in [0, 0.05) is 39.9 Å². The van der Waals surface area contributed by atoms with Gasteiger partial charge in [0.05, 0.1) is 19.3 Å². The number of ether oxygens (including phenoxy) is 1. The number of aromatic nitrogens is 1. The average molecular weight is 424 g/mol. The summed E-state index contributed by atoms with van der Waals surface area (Å²) in [6.45, 7) is 2.87. The van der Waals surface area contributed by atoms with E-state index in [9.17, 15) is 17.6 Å². The molecule has 0 bridgehead atoms. The zero-order chi connectivity index (χ0) is 21.0. The number of sulfonamides is 1. The minimum atomic E-state index is -3.62. The van der Waals surface area contributed by atoms with Crippen molar-refractivity contribution < 1.29 is 22.3 Å². The molecular weight excluding hydrogens is 399 g/mol.